The number of carbonyl (C=O) groups excluding carboxylic acids is 1. The highest BCUT2D eigenvalue weighted by Crippen LogP contribution is 2.29. The van der Waals surface area contributed by atoms with Crippen molar-refractivity contribution in [2.75, 3.05) is 14.1 Å². The average molecular weight is 277 g/mol. The molecule has 1 atom stereocenters. The van der Waals surface area contributed by atoms with Gasteiger partial charge in [-0.3, -0.25) is 4.79 Å². The summed E-state index contributed by atoms with van der Waals surface area (Å²) in [7, 11) is 3.90. The molecule has 0 saturated carbocycles. The SMILES string of the molecule is CNC1CCCCc2cn(CC(=O)N(C)C(C)C)cc21. The van der Waals surface area contributed by atoms with Crippen LogP contribution in [0.1, 0.15) is 50.3 Å². The number of carbonyl (C=O) groups is 1. The lowest BCUT2D eigenvalue weighted by Crippen LogP contribution is -2.35. The van der Waals surface area contributed by atoms with E-state index in [-0.39, 0.29) is 11.9 Å². The molecule has 1 aromatic heterocycles. The van der Waals surface area contributed by atoms with Crippen LogP contribution in [0.15, 0.2) is 12.4 Å². The fourth-order valence-corrected chi connectivity index (χ4v) is 2.86. The Balaban J connectivity index is 2.13. The van der Waals surface area contributed by atoms with Gasteiger partial charge in [0.15, 0.2) is 0 Å². The zero-order valence-electron chi connectivity index (χ0n) is 13.1. The number of aromatic nitrogens is 1. The molecule has 0 aliphatic heterocycles. The van der Waals surface area contributed by atoms with Gasteiger partial charge in [0, 0.05) is 31.5 Å². The molecule has 0 bridgehead atoms. The molecule has 1 unspecified atom stereocenters. The molecule has 112 valence electrons. The van der Waals surface area contributed by atoms with Crippen LogP contribution in [-0.4, -0.2) is 35.5 Å². The normalized spacial score (nSPS) is 18.8. The molecule has 4 heteroatoms. The second-order valence-corrected chi connectivity index (χ2v) is 6.10. The van der Waals surface area contributed by atoms with E-state index in [1.165, 1.54) is 30.4 Å². The van der Waals surface area contributed by atoms with Gasteiger partial charge in [-0.25, -0.2) is 0 Å². The van der Waals surface area contributed by atoms with Gasteiger partial charge in [-0.1, -0.05) is 6.42 Å². The van der Waals surface area contributed by atoms with E-state index in [2.05, 4.69) is 22.3 Å². The lowest BCUT2D eigenvalue weighted by atomic mass is 10.1. The molecule has 0 aromatic carbocycles. The van der Waals surface area contributed by atoms with Gasteiger partial charge in [-0.05, 0) is 51.3 Å². The van der Waals surface area contributed by atoms with E-state index in [1.807, 2.05) is 27.9 Å². The molecular formula is C16H27N3O. The molecule has 0 fully saturated rings. The summed E-state index contributed by atoms with van der Waals surface area (Å²) in [5.41, 5.74) is 2.78. The number of nitrogens with one attached hydrogen (secondary N) is 1. The molecule has 1 aromatic rings. The van der Waals surface area contributed by atoms with E-state index >= 15 is 0 Å². The van der Waals surface area contributed by atoms with E-state index < -0.39 is 0 Å². The fraction of sp³-hybridized carbons (Fsp3) is 0.688. The van der Waals surface area contributed by atoms with Crippen molar-refractivity contribution in [1.82, 2.24) is 14.8 Å². The first kappa shape index (κ1) is 15.1. The monoisotopic (exact) mass is 277 g/mol. The first-order valence-corrected chi connectivity index (χ1v) is 7.64. The van der Waals surface area contributed by atoms with Crippen molar-refractivity contribution in [3.63, 3.8) is 0 Å². The van der Waals surface area contributed by atoms with Crippen LogP contribution in [0.5, 0.6) is 0 Å². The standard InChI is InChI=1S/C16H27N3O/c1-12(2)18(4)16(20)11-19-9-13-7-5-6-8-15(17-3)14(13)10-19/h9-10,12,15,17H,5-8,11H2,1-4H3. The third kappa shape index (κ3) is 3.23. The van der Waals surface area contributed by atoms with Gasteiger partial charge in [-0.15, -0.1) is 0 Å². The minimum atomic E-state index is 0.172. The summed E-state index contributed by atoms with van der Waals surface area (Å²) in [6.07, 6.45) is 9.16. The summed E-state index contributed by atoms with van der Waals surface area (Å²) < 4.78 is 2.06. The Morgan fingerprint density at radius 2 is 2.20 bits per heavy atom. The summed E-state index contributed by atoms with van der Waals surface area (Å²) in [6.45, 7) is 4.53. The number of hydrogen-bond donors (Lipinski definition) is 1. The maximum atomic E-state index is 12.2. The molecule has 0 radical (unpaired) electrons. The highest BCUT2D eigenvalue weighted by molar-refractivity contribution is 5.76. The number of rotatable bonds is 4. The van der Waals surface area contributed by atoms with Crippen LogP contribution in [0.25, 0.3) is 0 Å². The van der Waals surface area contributed by atoms with Crippen molar-refractivity contribution in [2.45, 2.75) is 58.2 Å². The van der Waals surface area contributed by atoms with Gasteiger partial charge < -0.3 is 14.8 Å². The van der Waals surface area contributed by atoms with Crippen molar-refractivity contribution >= 4 is 5.91 Å². The third-order valence-corrected chi connectivity index (χ3v) is 4.40. The number of likely N-dealkylation sites (N-methyl/N-ethyl adjacent to an activating group) is 1. The smallest absolute Gasteiger partial charge is 0.242 e. The average Bonchev–Trinajstić information content (AvgIpc) is 2.71. The predicted octanol–water partition coefficient (Wildman–Crippen LogP) is 2.34. The first-order chi connectivity index (χ1) is 9.52. The van der Waals surface area contributed by atoms with Crippen LogP contribution in [0.2, 0.25) is 0 Å². The second kappa shape index (κ2) is 6.44. The first-order valence-electron chi connectivity index (χ1n) is 7.64. The quantitative estimate of drug-likeness (QED) is 0.858. The Morgan fingerprint density at radius 1 is 1.45 bits per heavy atom. The maximum Gasteiger partial charge on any atom is 0.242 e. The van der Waals surface area contributed by atoms with E-state index in [4.69, 9.17) is 0 Å². The van der Waals surface area contributed by atoms with Crippen molar-refractivity contribution in [1.29, 1.82) is 0 Å². The molecule has 20 heavy (non-hydrogen) atoms. The molecule has 2 rings (SSSR count). The van der Waals surface area contributed by atoms with Crippen molar-refractivity contribution in [2.24, 2.45) is 0 Å². The van der Waals surface area contributed by atoms with Crippen LogP contribution >= 0.6 is 0 Å². The maximum absolute atomic E-state index is 12.2. The highest BCUT2D eigenvalue weighted by Gasteiger charge is 2.20. The van der Waals surface area contributed by atoms with Gasteiger partial charge in [0.2, 0.25) is 5.91 Å². The van der Waals surface area contributed by atoms with Crippen molar-refractivity contribution in [3.8, 4) is 0 Å². The topological polar surface area (TPSA) is 37.3 Å². The van der Waals surface area contributed by atoms with Gasteiger partial charge >= 0.3 is 0 Å². The zero-order chi connectivity index (χ0) is 14.7. The number of hydrogen-bond acceptors (Lipinski definition) is 2. The number of fused-ring (bicyclic) bond motifs is 1. The molecular weight excluding hydrogens is 250 g/mol. The Labute approximate surface area is 122 Å². The molecule has 1 aliphatic rings. The molecule has 0 spiro atoms. The summed E-state index contributed by atoms with van der Waals surface area (Å²) >= 11 is 0. The molecule has 0 saturated heterocycles. The van der Waals surface area contributed by atoms with E-state index in [1.54, 1.807) is 4.90 Å². The second-order valence-electron chi connectivity index (χ2n) is 6.10. The number of nitrogens with zero attached hydrogens (tertiary/aromatic N) is 2. The molecule has 4 nitrogen and oxygen atoms in total. The predicted molar refractivity (Wildman–Crippen MR) is 81.7 cm³/mol. The fourth-order valence-electron chi connectivity index (χ4n) is 2.86. The zero-order valence-corrected chi connectivity index (χ0v) is 13.1. The minimum absolute atomic E-state index is 0.172. The largest absolute Gasteiger partial charge is 0.344 e. The van der Waals surface area contributed by atoms with Gasteiger partial charge in [0.1, 0.15) is 6.54 Å². The number of amides is 1. The van der Waals surface area contributed by atoms with Gasteiger partial charge in [-0.2, -0.15) is 0 Å². The molecule has 1 aliphatic carbocycles. The minimum Gasteiger partial charge on any atom is -0.344 e. The van der Waals surface area contributed by atoms with Crippen LogP contribution in [0.3, 0.4) is 0 Å². The van der Waals surface area contributed by atoms with Crippen LogP contribution in [0, 0.1) is 0 Å². The lowest BCUT2D eigenvalue weighted by Gasteiger charge is -2.21. The van der Waals surface area contributed by atoms with Crippen LogP contribution in [-0.2, 0) is 17.8 Å². The summed E-state index contributed by atoms with van der Waals surface area (Å²) in [5, 5.41) is 3.40. The highest BCUT2D eigenvalue weighted by atomic mass is 16.2. The summed E-state index contributed by atoms with van der Waals surface area (Å²) in [6, 6.07) is 0.688. The Bertz CT molecular complexity index is 464. The Hall–Kier alpha value is -1.29. The van der Waals surface area contributed by atoms with Crippen LogP contribution < -0.4 is 5.32 Å². The Kier molecular flexibility index (Phi) is 4.86. The summed E-state index contributed by atoms with van der Waals surface area (Å²) in [4.78, 5) is 14.0. The Morgan fingerprint density at radius 3 is 2.85 bits per heavy atom. The van der Waals surface area contributed by atoms with Crippen LogP contribution in [0.4, 0.5) is 0 Å². The van der Waals surface area contributed by atoms with E-state index in [9.17, 15) is 4.79 Å². The van der Waals surface area contributed by atoms with E-state index in [0.29, 0.717) is 12.6 Å². The van der Waals surface area contributed by atoms with E-state index in [0.717, 1.165) is 6.42 Å². The van der Waals surface area contributed by atoms with Gasteiger partial charge in [0.05, 0.1) is 0 Å². The van der Waals surface area contributed by atoms with Crippen molar-refractivity contribution < 1.29 is 4.79 Å². The number of aryl methyl sites for hydroxylation is 1. The summed E-state index contributed by atoms with van der Waals surface area (Å²) in [5.74, 6) is 0.172. The third-order valence-electron chi connectivity index (χ3n) is 4.40. The molecule has 1 heterocycles. The lowest BCUT2D eigenvalue weighted by molar-refractivity contribution is -0.131. The van der Waals surface area contributed by atoms with Crippen molar-refractivity contribution in [3.05, 3.63) is 23.5 Å². The molecule has 1 amide bonds. The van der Waals surface area contributed by atoms with Gasteiger partial charge in [0.25, 0.3) is 0 Å². The molecule has 1 N–H and O–H groups in total.